The number of amides is 1. The molecule has 0 spiro atoms. The number of rotatable bonds is 6. The molecule has 0 saturated carbocycles. The normalized spacial score (nSPS) is 11.9. The van der Waals surface area contributed by atoms with Gasteiger partial charge in [0.2, 0.25) is 11.7 Å². The topological polar surface area (TPSA) is 104 Å². The summed E-state index contributed by atoms with van der Waals surface area (Å²) in [6.45, 7) is 0. The molecule has 0 radical (unpaired) electrons. The van der Waals surface area contributed by atoms with Crippen LogP contribution in [0.25, 0.3) is 0 Å². The number of carbonyl (C=O) groups is 2. The molecule has 5 N–H and O–H groups in total. The summed E-state index contributed by atoms with van der Waals surface area (Å²) in [7, 11) is 0. The van der Waals surface area contributed by atoms with E-state index in [0.29, 0.717) is 0 Å². The standard InChI is InChI=1S/C11H10F5N3O3/c12-5-6(13)8(15)10(9(16)7(5)14)19-18-4(20)2-1-3(17)11(21)22/h3,19H,1-2,17H2,(H,18,20)(H,21,22)/t3-/m0/s1. The zero-order valence-corrected chi connectivity index (χ0v) is 10.7. The summed E-state index contributed by atoms with van der Waals surface area (Å²) in [5.74, 6) is -13.3. The van der Waals surface area contributed by atoms with E-state index in [0.717, 1.165) is 0 Å². The zero-order chi connectivity index (χ0) is 17.0. The molecule has 6 nitrogen and oxygen atoms in total. The van der Waals surface area contributed by atoms with Gasteiger partial charge in [0.1, 0.15) is 11.7 Å². The number of anilines is 1. The van der Waals surface area contributed by atoms with E-state index in [1.54, 1.807) is 10.9 Å². The number of hydrogen-bond donors (Lipinski definition) is 4. The quantitative estimate of drug-likeness (QED) is 0.270. The maximum absolute atomic E-state index is 13.2. The lowest BCUT2D eigenvalue weighted by atomic mass is 10.1. The number of hydrogen-bond acceptors (Lipinski definition) is 4. The second-order valence-electron chi connectivity index (χ2n) is 4.10. The molecular weight excluding hydrogens is 317 g/mol. The van der Waals surface area contributed by atoms with E-state index in [1.807, 2.05) is 0 Å². The van der Waals surface area contributed by atoms with Crippen LogP contribution in [0.4, 0.5) is 27.6 Å². The minimum atomic E-state index is -2.33. The Kier molecular flexibility index (Phi) is 5.63. The van der Waals surface area contributed by atoms with Gasteiger partial charge in [-0.05, 0) is 6.42 Å². The van der Waals surface area contributed by atoms with Crippen molar-refractivity contribution in [3.05, 3.63) is 29.1 Å². The Morgan fingerprint density at radius 3 is 1.91 bits per heavy atom. The largest absolute Gasteiger partial charge is 0.480 e. The predicted octanol–water partition coefficient (Wildman–Crippen LogP) is 1.02. The number of halogens is 5. The van der Waals surface area contributed by atoms with Crippen molar-refractivity contribution >= 4 is 17.6 Å². The van der Waals surface area contributed by atoms with Gasteiger partial charge in [0.05, 0.1) is 0 Å². The van der Waals surface area contributed by atoms with Crippen molar-refractivity contribution in [2.45, 2.75) is 18.9 Å². The Bertz CT molecular complexity index is 582. The van der Waals surface area contributed by atoms with Crippen molar-refractivity contribution in [2.24, 2.45) is 5.73 Å². The van der Waals surface area contributed by atoms with Crippen LogP contribution < -0.4 is 16.6 Å². The molecule has 0 bridgehead atoms. The first-order chi connectivity index (χ1) is 10.2. The van der Waals surface area contributed by atoms with Crippen LogP contribution in [0.1, 0.15) is 12.8 Å². The summed E-state index contributed by atoms with van der Waals surface area (Å²) < 4.78 is 65.0. The van der Waals surface area contributed by atoms with Crippen LogP contribution in [0.5, 0.6) is 0 Å². The van der Waals surface area contributed by atoms with Crippen LogP contribution >= 0.6 is 0 Å². The zero-order valence-electron chi connectivity index (χ0n) is 10.7. The summed E-state index contributed by atoms with van der Waals surface area (Å²) in [5, 5.41) is 8.47. The third kappa shape index (κ3) is 3.81. The molecule has 1 rings (SSSR count). The fourth-order valence-corrected chi connectivity index (χ4v) is 1.32. The number of carbonyl (C=O) groups excluding carboxylic acids is 1. The van der Waals surface area contributed by atoms with Crippen LogP contribution in [-0.2, 0) is 9.59 Å². The molecular formula is C11H10F5N3O3. The maximum atomic E-state index is 13.2. The molecule has 1 aromatic carbocycles. The van der Waals surface area contributed by atoms with Crippen LogP contribution in [0.15, 0.2) is 0 Å². The monoisotopic (exact) mass is 327 g/mol. The maximum Gasteiger partial charge on any atom is 0.320 e. The molecule has 0 aliphatic heterocycles. The van der Waals surface area contributed by atoms with E-state index in [1.165, 1.54) is 0 Å². The highest BCUT2D eigenvalue weighted by Gasteiger charge is 2.26. The van der Waals surface area contributed by atoms with E-state index >= 15 is 0 Å². The number of benzene rings is 1. The minimum Gasteiger partial charge on any atom is -0.480 e. The highest BCUT2D eigenvalue weighted by atomic mass is 19.2. The average molecular weight is 327 g/mol. The molecule has 0 aliphatic rings. The molecule has 1 aromatic rings. The van der Waals surface area contributed by atoms with Gasteiger partial charge >= 0.3 is 5.97 Å². The molecule has 1 amide bonds. The number of aliphatic carboxylic acids is 1. The van der Waals surface area contributed by atoms with Gasteiger partial charge in [-0.2, -0.15) is 0 Å². The van der Waals surface area contributed by atoms with Gasteiger partial charge in [-0.25, -0.2) is 22.0 Å². The lowest BCUT2D eigenvalue weighted by Gasteiger charge is -2.12. The van der Waals surface area contributed by atoms with E-state index in [4.69, 9.17) is 10.8 Å². The van der Waals surface area contributed by atoms with Crippen LogP contribution in [0.3, 0.4) is 0 Å². The molecule has 22 heavy (non-hydrogen) atoms. The third-order valence-electron chi connectivity index (χ3n) is 2.54. The summed E-state index contributed by atoms with van der Waals surface area (Å²) in [6, 6.07) is -1.33. The van der Waals surface area contributed by atoms with Gasteiger partial charge < -0.3 is 10.8 Å². The third-order valence-corrected chi connectivity index (χ3v) is 2.54. The van der Waals surface area contributed by atoms with Crippen molar-refractivity contribution in [1.29, 1.82) is 0 Å². The van der Waals surface area contributed by atoms with Crippen LogP contribution in [0, 0.1) is 29.1 Å². The molecule has 11 heteroatoms. The lowest BCUT2D eigenvalue weighted by Crippen LogP contribution is -2.35. The molecule has 0 aliphatic carbocycles. The molecule has 0 heterocycles. The van der Waals surface area contributed by atoms with Gasteiger partial charge in [0, 0.05) is 6.42 Å². The number of carboxylic acids is 1. The first kappa shape index (κ1) is 17.6. The number of hydrazine groups is 1. The second kappa shape index (κ2) is 7.02. The summed E-state index contributed by atoms with van der Waals surface area (Å²) in [4.78, 5) is 21.7. The van der Waals surface area contributed by atoms with E-state index in [2.05, 4.69) is 0 Å². The summed E-state index contributed by atoms with van der Waals surface area (Å²) >= 11 is 0. The number of nitrogens with one attached hydrogen (secondary N) is 2. The van der Waals surface area contributed by atoms with Gasteiger partial charge in [-0.15, -0.1) is 0 Å². The van der Waals surface area contributed by atoms with Gasteiger partial charge in [-0.3, -0.25) is 20.4 Å². The Balaban J connectivity index is 2.73. The molecule has 0 fully saturated rings. The highest BCUT2D eigenvalue weighted by molar-refractivity contribution is 5.79. The Morgan fingerprint density at radius 1 is 1.00 bits per heavy atom. The van der Waals surface area contributed by atoms with Gasteiger partial charge in [0.25, 0.3) is 0 Å². The lowest BCUT2D eigenvalue weighted by molar-refractivity contribution is -0.138. The van der Waals surface area contributed by atoms with Crippen molar-refractivity contribution in [3.63, 3.8) is 0 Å². The van der Waals surface area contributed by atoms with Crippen molar-refractivity contribution in [3.8, 4) is 0 Å². The van der Waals surface area contributed by atoms with E-state index in [9.17, 15) is 31.5 Å². The van der Waals surface area contributed by atoms with Crippen molar-refractivity contribution in [1.82, 2.24) is 5.43 Å². The fraction of sp³-hybridized carbons (Fsp3) is 0.273. The van der Waals surface area contributed by atoms with Crippen molar-refractivity contribution < 1.29 is 36.6 Å². The predicted molar refractivity (Wildman–Crippen MR) is 62.8 cm³/mol. The van der Waals surface area contributed by atoms with Gasteiger partial charge in [0.15, 0.2) is 23.3 Å². The molecule has 0 unspecified atom stereocenters. The average Bonchev–Trinajstić information content (AvgIpc) is 2.48. The first-order valence-corrected chi connectivity index (χ1v) is 5.71. The molecule has 122 valence electrons. The summed E-state index contributed by atoms with van der Waals surface area (Å²) in [6.07, 6.45) is -0.740. The van der Waals surface area contributed by atoms with Gasteiger partial charge in [-0.1, -0.05) is 0 Å². The smallest absolute Gasteiger partial charge is 0.320 e. The first-order valence-electron chi connectivity index (χ1n) is 5.71. The fourth-order valence-electron chi connectivity index (χ4n) is 1.32. The number of carboxylic acid groups (broad SMARTS) is 1. The van der Waals surface area contributed by atoms with Crippen molar-refractivity contribution in [2.75, 3.05) is 5.43 Å². The molecule has 0 saturated heterocycles. The second-order valence-corrected chi connectivity index (χ2v) is 4.10. The summed E-state index contributed by atoms with van der Waals surface area (Å²) in [5.41, 5.74) is 6.91. The Hall–Kier alpha value is -2.43. The molecule has 0 aromatic heterocycles. The Morgan fingerprint density at radius 2 is 1.45 bits per heavy atom. The minimum absolute atomic E-state index is 0.292. The van der Waals surface area contributed by atoms with Crippen LogP contribution in [-0.4, -0.2) is 23.0 Å². The SMILES string of the molecule is N[C@@H](CCC(=O)NNc1c(F)c(F)c(F)c(F)c1F)C(=O)O. The Labute approximate surface area is 120 Å². The van der Waals surface area contributed by atoms with Crippen LogP contribution in [0.2, 0.25) is 0 Å². The van der Waals surface area contributed by atoms with E-state index < -0.39 is 59.1 Å². The molecule has 1 atom stereocenters. The van der Waals surface area contributed by atoms with E-state index in [-0.39, 0.29) is 6.42 Å². The highest BCUT2D eigenvalue weighted by Crippen LogP contribution is 2.26. The number of nitrogens with two attached hydrogens (primary N) is 1.